The predicted octanol–water partition coefficient (Wildman–Crippen LogP) is 0.742. The molecule has 1 rings (SSSR count). The topological polar surface area (TPSA) is 73.8 Å². The van der Waals surface area contributed by atoms with Crippen LogP contribution in [0.3, 0.4) is 0 Å². The molecule has 5 heteroatoms. The van der Waals surface area contributed by atoms with Gasteiger partial charge in [0, 0.05) is 12.5 Å². The molecule has 0 bridgehead atoms. The van der Waals surface area contributed by atoms with Crippen molar-refractivity contribution in [2.45, 2.75) is 39.8 Å². The second-order valence-corrected chi connectivity index (χ2v) is 3.59. The Balaban J connectivity index is 2.57. The Morgan fingerprint density at radius 2 is 2.20 bits per heavy atom. The molecule has 0 aliphatic carbocycles. The molecule has 0 fully saturated rings. The third kappa shape index (κ3) is 3.13. The molecule has 0 saturated heterocycles. The number of nitrogens with two attached hydrogens (primary N) is 1. The first-order chi connectivity index (χ1) is 7.21. The molecule has 0 unspecified atom stereocenters. The standard InChI is InChI=1S/C10H18N4O/c1-3-8(4-2)10(15)7-14-6-9(5-11)12-13-14/h6,8H,3-5,7,11H2,1-2H3. The highest BCUT2D eigenvalue weighted by Gasteiger charge is 2.15. The van der Waals surface area contributed by atoms with Crippen molar-refractivity contribution in [2.24, 2.45) is 11.7 Å². The number of Topliss-reactive ketones (excluding diaryl/α,β-unsaturated/α-hetero) is 1. The van der Waals surface area contributed by atoms with Crippen molar-refractivity contribution in [1.29, 1.82) is 0 Å². The summed E-state index contributed by atoms with van der Waals surface area (Å²) in [4.78, 5) is 11.8. The van der Waals surface area contributed by atoms with Crippen LogP contribution in [0.1, 0.15) is 32.4 Å². The Morgan fingerprint density at radius 1 is 1.53 bits per heavy atom. The van der Waals surface area contributed by atoms with Gasteiger partial charge in [-0.2, -0.15) is 0 Å². The lowest BCUT2D eigenvalue weighted by molar-refractivity contribution is -0.123. The largest absolute Gasteiger partial charge is 0.325 e. The number of aromatic nitrogens is 3. The van der Waals surface area contributed by atoms with Gasteiger partial charge < -0.3 is 5.73 Å². The number of rotatable bonds is 6. The molecular formula is C10H18N4O. The number of carbonyl (C=O) groups excluding carboxylic acids is 1. The molecule has 0 atom stereocenters. The first-order valence-corrected chi connectivity index (χ1v) is 5.33. The smallest absolute Gasteiger partial charge is 0.157 e. The molecule has 0 aliphatic rings. The number of carbonyl (C=O) groups is 1. The van der Waals surface area contributed by atoms with Crippen LogP contribution >= 0.6 is 0 Å². The second-order valence-electron chi connectivity index (χ2n) is 3.59. The molecule has 2 N–H and O–H groups in total. The van der Waals surface area contributed by atoms with Crippen molar-refractivity contribution in [3.63, 3.8) is 0 Å². The Bertz CT molecular complexity index is 317. The van der Waals surface area contributed by atoms with Crippen molar-refractivity contribution >= 4 is 5.78 Å². The van der Waals surface area contributed by atoms with Gasteiger partial charge in [0.1, 0.15) is 6.54 Å². The Morgan fingerprint density at radius 3 is 2.67 bits per heavy atom. The van der Waals surface area contributed by atoms with Gasteiger partial charge >= 0.3 is 0 Å². The van der Waals surface area contributed by atoms with E-state index in [1.807, 2.05) is 13.8 Å². The highest BCUT2D eigenvalue weighted by molar-refractivity contribution is 5.80. The number of hydrogen-bond acceptors (Lipinski definition) is 4. The summed E-state index contributed by atoms with van der Waals surface area (Å²) in [5, 5.41) is 7.68. The zero-order valence-corrected chi connectivity index (χ0v) is 9.31. The fraction of sp³-hybridized carbons (Fsp3) is 0.700. The summed E-state index contributed by atoms with van der Waals surface area (Å²) in [5.41, 5.74) is 6.12. The molecule has 84 valence electrons. The fourth-order valence-electron chi connectivity index (χ4n) is 1.54. The lowest BCUT2D eigenvalue weighted by atomic mass is 9.98. The maximum atomic E-state index is 11.8. The molecule has 0 saturated carbocycles. The number of hydrogen-bond donors (Lipinski definition) is 1. The van der Waals surface area contributed by atoms with E-state index in [9.17, 15) is 4.79 Å². The second kappa shape index (κ2) is 5.60. The average Bonchev–Trinajstić information content (AvgIpc) is 2.67. The van der Waals surface area contributed by atoms with Crippen molar-refractivity contribution in [2.75, 3.05) is 0 Å². The molecule has 1 heterocycles. The highest BCUT2D eigenvalue weighted by atomic mass is 16.1. The Labute approximate surface area is 89.6 Å². The zero-order valence-electron chi connectivity index (χ0n) is 9.31. The monoisotopic (exact) mass is 210 g/mol. The summed E-state index contributed by atoms with van der Waals surface area (Å²) in [5.74, 6) is 0.351. The van der Waals surface area contributed by atoms with Crippen LogP contribution < -0.4 is 5.73 Å². The molecule has 0 spiro atoms. The number of ketones is 1. The minimum atomic E-state index is 0.135. The van der Waals surface area contributed by atoms with Crippen LogP contribution in [0.4, 0.5) is 0 Å². The lowest BCUT2D eigenvalue weighted by Crippen LogP contribution is -2.19. The summed E-state index contributed by atoms with van der Waals surface area (Å²) in [6.45, 7) is 4.72. The number of nitrogens with zero attached hydrogens (tertiary/aromatic N) is 3. The van der Waals surface area contributed by atoms with Crippen LogP contribution in [0.15, 0.2) is 6.20 Å². The van der Waals surface area contributed by atoms with E-state index in [1.54, 1.807) is 10.9 Å². The van der Waals surface area contributed by atoms with Gasteiger partial charge in [0.05, 0.1) is 11.9 Å². The van der Waals surface area contributed by atoms with Crippen LogP contribution in [0.2, 0.25) is 0 Å². The molecule has 1 aromatic heterocycles. The molecule has 0 aliphatic heterocycles. The van der Waals surface area contributed by atoms with Crippen molar-refractivity contribution in [3.05, 3.63) is 11.9 Å². The van der Waals surface area contributed by atoms with E-state index in [0.29, 0.717) is 18.8 Å². The lowest BCUT2D eigenvalue weighted by Gasteiger charge is -2.09. The molecule has 15 heavy (non-hydrogen) atoms. The molecule has 5 nitrogen and oxygen atoms in total. The van der Waals surface area contributed by atoms with Crippen LogP contribution in [-0.4, -0.2) is 20.8 Å². The average molecular weight is 210 g/mol. The van der Waals surface area contributed by atoms with Gasteiger partial charge in [0.15, 0.2) is 5.78 Å². The van der Waals surface area contributed by atoms with Crippen molar-refractivity contribution in [3.8, 4) is 0 Å². The summed E-state index contributed by atoms with van der Waals surface area (Å²) >= 11 is 0. The van der Waals surface area contributed by atoms with Crippen LogP contribution in [0, 0.1) is 5.92 Å². The van der Waals surface area contributed by atoms with E-state index in [-0.39, 0.29) is 11.7 Å². The van der Waals surface area contributed by atoms with Gasteiger partial charge in [-0.15, -0.1) is 5.10 Å². The predicted molar refractivity (Wildman–Crippen MR) is 57.0 cm³/mol. The van der Waals surface area contributed by atoms with Gasteiger partial charge in [-0.25, -0.2) is 4.68 Å². The van der Waals surface area contributed by atoms with Gasteiger partial charge in [0.2, 0.25) is 0 Å². The van der Waals surface area contributed by atoms with Crippen molar-refractivity contribution < 1.29 is 4.79 Å². The Kier molecular flexibility index (Phi) is 4.42. The van der Waals surface area contributed by atoms with E-state index in [1.165, 1.54) is 0 Å². The molecule has 0 aromatic carbocycles. The van der Waals surface area contributed by atoms with Gasteiger partial charge in [-0.05, 0) is 12.8 Å². The summed E-state index contributed by atoms with van der Waals surface area (Å²) in [6, 6.07) is 0. The zero-order chi connectivity index (χ0) is 11.3. The maximum absolute atomic E-state index is 11.8. The summed E-state index contributed by atoms with van der Waals surface area (Å²) in [7, 11) is 0. The van der Waals surface area contributed by atoms with E-state index >= 15 is 0 Å². The third-order valence-corrected chi connectivity index (χ3v) is 2.55. The minimum Gasteiger partial charge on any atom is -0.325 e. The van der Waals surface area contributed by atoms with E-state index in [4.69, 9.17) is 5.73 Å². The third-order valence-electron chi connectivity index (χ3n) is 2.55. The Hall–Kier alpha value is -1.23. The fourth-order valence-corrected chi connectivity index (χ4v) is 1.54. The van der Waals surface area contributed by atoms with Gasteiger partial charge in [-0.3, -0.25) is 4.79 Å². The van der Waals surface area contributed by atoms with Crippen molar-refractivity contribution in [1.82, 2.24) is 15.0 Å². The SMILES string of the molecule is CCC(CC)C(=O)Cn1cc(CN)nn1. The molecule has 1 aromatic rings. The van der Waals surface area contributed by atoms with Crippen LogP contribution in [0.25, 0.3) is 0 Å². The molecule has 0 amide bonds. The van der Waals surface area contributed by atoms with E-state index < -0.39 is 0 Å². The first kappa shape index (κ1) is 11.8. The summed E-state index contributed by atoms with van der Waals surface area (Å²) in [6.07, 6.45) is 3.49. The molecule has 0 radical (unpaired) electrons. The van der Waals surface area contributed by atoms with E-state index in [2.05, 4.69) is 10.3 Å². The summed E-state index contributed by atoms with van der Waals surface area (Å²) < 4.78 is 1.56. The highest BCUT2D eigenvalue weighted by Crippen LogP contribution is 2.09. The molecular weight excluding hydrogens is 192 g/mol. The normalized spacial score (nSPS) is 10.9. The van der Waals surface area contributed by atoms with Gasteiger partial charge in [-0.1, -0.05) is 19.1 Å². The maximum Gasteiger partial charge on any atom is 0.157 e. The van der Waals surface area contributed by atoms with Crippen LogP contribution in [-0.2, 0) is 17.9 Å². The quantitative estimate of drug-likeness (QED) is 0.751. The minimum absolute atomic E-state index is 0.135. The van der Waals surface area contributed by atoms with Gasteiger partial charge in [0.25, 0.3) is 0 Å². The van der Waals surface area contributed by atoms with Crippen LogP contribution in [0.5, 0.6) is 0 Å². The first-order valence-electron chi connectivity index (χ1n) is 5.33. The van der Waals surface area contributed by atoms with E-state index in [0.717, 1.165) is 12.8 Å².